The number of fused-ring (bicyclic) bond motifs is 1. The van der Waals surface area contributed by atoms with Crippen LogP contribution in [0.5, 0.6) is 0 Å². The van der Waals surface area contributed by atoms with Crippen LogP contribution in [0.3, 0.4) is 0 Å². The summed E-state index contributed by atoms with van der Waals surface area (Å²) in [5.41, 5.74) is 2.31. The second-order valence-electron chi connectivity index (χ2n) is 6.06. The van der Waals surface area contributed by atoms with Gasteiger partial charge in [0.15, 0.2) is 0 Å². The molecule has 2 aromatic carbocycles. The van der Waals surface area contributed by atoms with Crippen molar-refractivity contribution >= 4 is 11.6 Å². The highest BCUT2D eigenvalue weighted by atomic mass is 19.1. The van der Waals surface area contributed by atoms with Gasteiger partial charge in [-0.25, -0.2) is 13.8 Å². The molecule has 0 radical (unpaired) electrons. The lowest BCUT2D eigenvalue weighted by atomic mass is 10.1. The number of pyridine rings is 1. The lowest BCUT2D eigenvalue weighted by molar-refractivity contribution is 0.0946. The van der Waals surface area contributed by atoms with Gasteiger partial charge in [0.1, 0.15) is 23.0 Å². The maximum atomic E-state index is 14.0. The second kappa shape index (κ2) is 6.99. The number of rotatable bonds is 4. The van der Waals surface area contributed by atoms with Crippen molar-refractivity contribution in [2.45, 2.75) is 6.54 Å². The summed E-state index contributed by atoms with van der Waals surface area (Å²) in [6, 6.07) is 16.2. The Hall–Kier alpha value is -3.54. The number of hydrogen-bond donors (Lipinski definition) is 1. The quantitative estimate of drug-likeness (QED) is 0.590. The molecule has 0 fully saturated rings. The summed E-state index contributed by atoms with van der Waals surface area (Å²) in [4.78, 5) is 16.6. The Morgan fingerprint density at radius 2 is 1.67 bits per heavy atom. The van der Waals surface area contributed by atoms with E-state index in [0.29, 0.717) is 22.3 Å². The van der Waals surface area contributed by atoms with Gasteiger partial charge in [-0.05, 0) is 24.3 Å². The van der Waals surface area contributed by atoms with Gasteiger partial charge in [-0.1, -0.05) is 36.4 Å². The van der Waals surface area contributed by atoms with Crippen molar-refractivity contribution in [3.63, 3.8) is 0 Å². The van der Waals surface area contributed by atoms with Crippen LogP contribution in [-0.2, 0) is 6.54 Å². The SMILES string of the molecule is O=C(NCc1ccccc1F)c1cn2cc(-c3ccccc3F)ccc2n1. The van der Waals surface area contributed by atoms with E-state index in [-0.39, 0.29) is 23.9 Å². The molecule has 0 aliphatic rings. The highest BCUT2D eigenvalue weighted by molar-refractivity contribution is 5.92. The molecule has 1 N–H and O–H groups in total. The average Bonchev–Trinajstić information content (AvgIpc) is 3.11. The summed E-state index contributed by atoms with van der Waals surface area (Å²) in [5.74, 6) is -1.10. The van der Waals surface area contributed by atoms with Crippen molar-refractivity contribution in [1.82, 2.24) is 14.7 Å². The molecular weight excluding hydrogens is 348 g/mol. The lowest BCUT2D eigenvalue weighted by Crippen LogP contribution is -2.23. The maximum absolute atomic E-state index is 14.0. The number of nitrogens with one attached hydrogen (secondary N) is 1. The smallest absolute Gasteiger partial charge is 0.271 e. The molecule has 4 nitrogen and oxygen atoms in total. The van der Waals surface area contributed by atoms with Crippen molar-refractivity contribution in [3.05, 3.63) is 95.9 Å². The van der Waals surface area contributed by atoms with E-state index in [9.17, 15) is 13.6 Å². The van der Waals surface area contributed by atoms with E-state index in [1.165, 1.54) is 12.1 Å². The van der Waals surface area contributed by atoms with Crippen LogP contribution in [0.25, 0.3) is 16.8 Å². The number of halogens is 2. The monoisotopic (exact) mass is 363 g/mol. The number of hydrogen-bond acceptors (Lipinski definition) is 2. The maximum Gasteiger partial charge on any atom is 0.271 e. The summed E-state index contributed by atoms with van der Waals surface area (Å²) >= 11 is 0. The molecule has 0 aliphatic heterocycles. The summed E-state index contributed by atoms with van der Waals surface area (Å²) in [6.45, 7) is 0.0693. The predicted molar refractivity (Wildman–Crippen MR) is 98.2 cm³/mol. The Bertz CT molecular complexity index is 1140. The minimum Gasteiger partial charge on any atom is -0.346 e. The first-order chi connectivity index (χ1) is 13.1. The number of carbonyl (C=O) groups is 1. The van der Waals surface area contributed by atoms with Crippen LogP contribution in [0.4, 0.5) is 8.78 Å². The van der Waals surface area contributed by atoms with Gasteiger partial charge in [-0.15, -0.1) is 0 Å². The lowest BCUT2D eigenvalue weighted by Gasteiger charge is -2.04. The van der Waals surface area contributed by atoms with Crippen LogP contribution >= 0.6 is 0 Å². The summed E-state index contributed by atoms with van der Waals surface area (Å²) in [5, 5.41) is 2.66. The Morgan fingerprint density at radius 1 is 0.926 bits per heavy atom. The normalized spacial score (nSPS) is 10.9. The summed E-state index contributed by atoms with van der Waals surface area (Å²) in [7, 11) is 0. The highest BCUT2D eigenvalue weighted by Crippen LogP contribution is 2.23. The van der Waals surface area contributed by atoms with E-state index in [1.54, 1.807) is 65.3 Å². The van der Waals surface area contributed by atoms with Crippen LogP contribution in [0.1, 0.15) is 16.1 Å². The van der Waals surface area contributed by atoms with Crippen molar-refractivity contribution in [2.24, 2.45) is 0 Å². The van der Waals surface area contributed by atoms with E-state index in [1.807, 2.05) is 0 Å². The van der Waals surface area contributed by atoms with Gasteiger partial charge in [0.05, 0.1) is 0 Å². The number of imidazole rings is 1. The Balaban J connectivity index is 1.57. The number of carbonyl (C=O) groups excluding carboxylic acids is 1. The van der Waals surface area contributed by atoms with Gasteiger partial charge >= 0.3 is 0 Å². The van der Waals surface area contributed by atoms with Crippen molar-refractivity contribution in [2.75, 3.05) is 0 Å². The van der Waals surface area contributed by atoms with Crippen LogP contribution in [0.15, 0.2) is 73.1 Å². The molecule has 134 valence electrons. The van der Waals surface area contributed by atoms with E-state index < -0.39 is 5.91 Å². The minimum absolute atomic E-state index is 0.0693. The molecule has 0 atom stereocenters. The molecule has 0 bridgehead atoms. The predicted octanol–water partition coefficient (Wildman–Crippen LogP) is 4.21. The topological polar surface area (TPSA) is 46.4 Å². The molecule has 0 unspecified atom stereocenters. The Morgan fingerprint density at radius 3 is 2.44 bits per heavy atom. The Kier molecular flexibility index (Phi) is 4.38. The second-order valence-corrected chi connectivity index (χ2v) is 6.06. The molecule has 2 aromatic heterocycles. The average molecular weight is 363 g/mol. The van der Waals surface area contributed by atoms with Gasteiger partial charge in [0, 0.05) is 35.6 Å². The number of amides is 1. The van der Waals surface area contributed by atoms with E-state index in [2.05, 4.69) is 10.3 Å². The zero-order valence-corrected chi connectivity index (χ0v) is 14.2. The Labute approximate surface area is 154 Å². The minimum atomic E-state index is -0.408. The van der Waals surface area contributed by atoms with Gasteiger partial charge in [0.25, 0.3) is 5.91 Å². The zero-order valence-electron chi connectivity index (χ0n) is 14.2. The molecule has 0 spiro atoms. The molecule has 0 saturated carbocycles. The molecule has 4 aromatic rings. The molecule has 0 aliphatic carbocycles. The van der Waals surface area contributed by atoms with Crippen LogP contribution in [0.2, 0.25) is 0 Å². The van der Waals surface area contributed by atoms with Crippen molar-refractivity contribution < 1.29 is 13.6 Å². The summed E-state index contributed by atoms with van der Waals surface area (Å²) in [6.07, 6.45) is 3.28. The van der Waals surface area contributed by atoms with Gasteiger partial charge in [-0.2, -0.15) is 0 Å². The first-order valence-electron chi connectivity index (χ1n) is 8.37. The van der Waals surface area contributed by atoms with Crippen molar-refractivity contribution in [3.8, 4) is 11.1 Å². The van der Waals surface area contributed by atoms with E-state index in [0.717, 1.165) is 0 Å². The molecular formula is C21H15F2N3O. The zero-order chi connectivity index (χ0) is 18.8. The third kappa shape index (κ3) is 3.42. The third-order valence-electron chi connectivity index (χ3n) is 4.27. The molecule has 1 amide bonds. The van der Waals surface area contributed by atoms with Crippen molar-refractivity contribution in [1.29, 1.82) is 0 Å². The molecule has 0 saturated heterocycles. The fourth-order valence-electron chi connectivity index (χ4n) is 2.86. The third-order valence-corrected chi connectivity index (χ3v) is 4.27. The largest absolute Gasteiger partial charge is 0.346 e. The molecule has 6 heteroatoms. The molecule has 2 heterocycles. The number of aromatic nitrogens is 2. The van der Waals surface area contributed by atoms with E-state index >= 15 is 0 Å². The fraction of sp³-hybridized carbons (Fsp3) is 0.0476. The van der Waals surface area contributed by atoms with Crippen LogP contribution < -0.4 is 5.32 Å². The van der Waals surface area contributed by atoms with Gasteiger partial charge < -0.3 is 9.72 Å². The first kappa shape index (κ1) is 16.9. The number of benzene rings is 2. The van der Waals surface area contributed by atoms with Crippen LogP contribution in [0, 0.1) is 11.6 Å². The van der Waals surface area contributed by atoms with Gasteiger partial charge in [-0.3, -0.25) is 4.79 Å². The van der Waals surface area contributed by atoms with E-state index in [4.69, 9.17) is 0 Å². The fourth-order valence-corrected chi connectivity index (χ4v) is 2.86. The first-order valence-corrected chi connectivity index (χ1v) is 8.37. The highest BCUT2D eigenvalue weighted by Gasteiger charge is 2.12. The summed E-state index contributed by atoms with van der Waals surface area (Å²) < 4.78 is 29.3. The van der Waals surface area contributed by atoms with Crippen LogP contribution in [-0.4, -0.2) is 15.3 Å². The van der Waals surface area contributed by atoms with Gasteiger partial charge in [0.2, 0.25) is 0 Å². The standard InChI is InChI=1S/C21H15F2N3O/c22-17-7-3-1-5-14(17)11-24-21(27)19-13-26-12-15(9-10-20(26)25-19)16-6-2-4-8-18(16)23/h1-10,12-13H,11H2,(H,24,27). The molecule has 27 heavy (non-hydrogen) atoms. The molecule has 4 rings (SSSR count). The number of nitrogens with zero attached hydrogens (tertiary/aromatic N) is 2.